The fourth-order valence-corrected chi connectivity index (χ4v) is 5.61. The second-order valence-corrected chi connectivity index (χ2v) is 10.4. The van der Waals surface area contributed by atoms with Crippen molar-refractivity contribution in [2.75, 3.05) is 25.0 Å². The number of amides is 4. The van der Waals surface area contributed by atoms with Gasteiger partial charge < -0.3 is 15.0 Å². The topological polar surface area (TPSA) is 108 Å². The number of carbonyl (C=O) groups excluding carboxylic acids is 4. The Hall–Kier alpha value is -3.43. The summed E-state index contributed by atoms with van der Waals surface area (Å²) in [7, 11) is 0. The van der Waals surface area contributed by atoms with E-state index in [9.17, 15) is 19.2 Å². The molecule has 0 spiro atoms. The summed E-state index contributed by atoms with van der Waals surface area (Å²) in [5.41, 5.74) is 2.95. The summed E-state index contributed by atoms with van der Waals surface area (Å²) in [6.07, 6.45) is 3.01. The normalized spacial score (nSPS) is 21.4. The zero-order chi connectivity index (χ0) is 26.8. The van der Waals surface area contributed by atoms with E-state index in [0.717, 1.165) is 30.5 Å². The molecule has 3 aliphatic rings. The molecule has 2 N–H and O–H groups in total. The molecule has 4 amide bonds. The largest absolute Gasteiger partial charge is 0.493 e. The monoisotopic (exact) mass is 538 g/mol. The summed E-state index contributed by atoms with van der Waals surface area (Å²) in [5.74, 6) is -0.370. The number of nitrogens with one attached hydrogen (secondary N) is 2. The molecule has 9 nitrogen and oxygen atoms in total. The molecule has 1 unspecified atom stereocenters. The number of piperidine rings is 1. The second kappa shape index (κ2) is 11.1. The molecule has 2 aromatic rings. The molecule has 2 aromatic carbocycles. The van der Waals surface area contributed by atoms with Gasteiger partial charge in [-0.3, -0.25) is 29.4 Å². The summed E-state index contributed by atoms with van der Waals surface area (Å²) < 4.78 is 6.08. The fourth-order valence-electron chi connectivity index (χ4n) is 5.43. The molecule has 0 bridgehead atoms. The first-order valence-corrected chi connectivity index (χ1v) is 13.4. The Labute approximate surface area is 226 Å². The number of fused-ring (bicyclic) bond motifs is 1. The van der Waals surface area contributed by atoms with E-state index in [1.807, 2.05) is 25.1 Å². The van der Waals surface area contributed by atoms with Crippen molar-refractivity contribution in [3.05, 3.63) is 58.1 Å². The van der Waals surface area contributed by atoms with Crippen LogP contribution in [0.25, 0.3) is 0 Å². The van der Waals surface area contributed by atoms with Crippen molar-refractivity contribution in [2.45, 2.75) is 57.7 Å². The van der Waals surface area contributed by atoms with Crippen LogP contribution in [0.1, 0.15) is 53.6 Å². The highest BCUT2D eigenvalue weighted by molar-refractivity contribution is 6.31. The third-order valence-corrected chi connectivity index (χ3v) is 7.90. The zero-order valence-electron chi connectivity index (χ0n) is 21.3. The van der Waals surface area contributed by atoms with E-state index in [2.05, 4.69) is 15.5 Å². The number of anilines is 1. The Bertz CT molecular complexity index is 1280. The first-order chi connectivity index (χ1) is 18.3. The minimum Gasteiger partial charge on any atom is -0.493 e. The summed E-state index contributed by atoms with van der Waals surface area (Å²) >= 11 is 6.20. The number of hydrogen-bond donors (Lipinski definition) is 2. The lowest BCUT2D eigenvalue weighted by molar-refractivity contribution is -0.137. The van der Waals surface area contributed by atoms with Crippen molar-refractivity contribution in [1.82, 2.24) is 15.1 Å². The molecule has 10 heteroatoms. The Morgan fingerprint density at radius 1 is 1.18 bits per heavy atom. The van der Waals surface area contributed by atoms with Gasteiger partial charge in [0.1, 0.15) is 11.8 Å². The van der Waals surface area contributed by atoms with Crippen molar-refractivity contribution >= 4 is 40.9 Å². The van der Waals surface area contributed by atoms with Crippen molar-refractivity contribution in [1.29, 1.82) is 0 Å². The first-order valence-electron chi connectivity index (χ1n) is 13.0. The maximum Gasteiger partial charge on any atom is 0.255 e. The van der Waals surface area contributed by atoms with E-state index in [1.54, 1.807) is 18.2 Å². The summed E-state index contributed by atoms with van der Waals surface area (Å²) in [5, 5.41) is 5.93. The average Bonchev–Trinajstić information content (AvgIpc) is 3.49. The molecule has 0 saturated carbocycles. The van der Waals surface area contributed by atoms with Crippen LogP contribution in [0.4, 0.5) is 5.69 Å². The van der Waals surface area contributed by atoms with Gasteiger partial charge in [0.25, 0.3) is 5.91 Å². The Balaban J connectivity index is 1.14. The van der Waals surface area contributed by atoms with Crippen LogP contribution in [0, 0.1) is 6.92 Å². The van der Waals surface area contributed by atoms with Gasteiger partial charge in [-0.15, -0.1) is 0 Å². The van der Waals surface area contributed by atoms with Crippen LogP contribution >= 0.6 is 11.6 Å². The molecule has 200 valence electrons. The minimum atomic E-state index is -0.658. The number of ether oxygens (including phenoxy) is 1. The number of carbonyl (C=O) groups is 4. The molecule has 2 fully saturated rings. The zero-order valence-corrected chi connectivity index (χ0v) is 22.1. The van der Waals surface area contributed by atoms with Gasteiger partial charge in [-0.1, -0.05) is 23.7 Å². The molecule has 5 rings (SSSR count). The second-order valence-electron chi connectivity index (χ2n) is 10.0. The van der Waals surface area contributed by atoms with Gasteiger partial charge in [0.05, 0.1) is 19.2 Å². The first kappa shape index (κ1) is 26.2. The molecule has 38 heavy (non-hydrogen) atoms. The number of likely N-dealkylation sites (tertiary alicyclic amines) is 1. The van der Waals surface area contributed by atoms with E-state index in [-0.39, 0.29) is 36.7 Å². The van der Waals surface area contributed by atoms with E-state index in [1.165, 1.54) is 4.90 Å². The number of imide groups is 1. The molecular formula is C28H31ClN4O5. The molecule has 0 aliphatic carbocycles. The Morgan fingerprint density at radius 2 is 2.03 bits per heavy atom. The number of nitrogens with zero attached hydrogens (tertiary/aromatic N) is 2. The fraction of sp³-hybridized carbons (Fsp3) is 0.429. The highest BCUT2D eigenvalue weighted by Crippen LogP contribution is 2.33. The molecule has 3 heterocycles. The predicted molar refractivity (Wildman–Crippen MR) is 142 cm³/mol. The minimum absolute atomic E-state index is 0.0312. The van der Waals surface area contributed by atoms with Crippen LogP contribution in [-0.2, 0) is 20.9 Å². The van der Waals surface area contributed by atoms with Crippen molar-refractivity contribution in [2.24, 2.45) is 0 Å². The summed E-state index contributed by atoms with van der Waals surface area (Å²) in [6.45, 7) is 4.19. The molecule has 2 saturated heterocycles. The van der Waals surface area contributed by atoms with Gasteiger partial charge in [0, 0.05) is 34.8 Å². The van der Waals surface area contributed by atoms with Gasteiger partial charge in [-0.05, 0) is 69.0 Å². The number of hydrogen-bond acceptors (Lipinski definition) is 6. The van der Waals surface area contributed by atoms with E-state index in [4.69, 9.17) is 16.3 Å². The number of rotatable bonds is 8. The van der Waals surface area contributed by atoms with Crippen molar-refractivity contribution in [3.8, 4) is 5.75 Å². The third kappa shape index (κ3) is 5.39. The maximum absolute atomic E-state index is 13.0. The molecule has 3 aliphatic heterocycles. The molecule has 0 radical (unpaired) electrons. The van der Waals surface area contributed by atoms with Crippen LogP contribution in [-0.4, -0.2) is 65.2 Å². The molecule has 2 atom stereocenters. The van der Waals surface area contributed by atoms with Gasteiger partial charge >= 0.3 is 0 Å². The predicted octanol–water partition coefficient (Wildman–Crippen LogP) is 3.28. The van der Waals surface area contributed by atoms with E-state index < -0.39 is 11.9 Å². The Morgan fingerprint density at radius 3 is 2.82 bits per heavy atom. The van der Waals surface area contributed by atoms with Crippen molar-refractivity contribution in [3.63, 3.8) is 0 Å². The van der Waals surface area contributed by atoms with Gasteiger partial charge in [-0.2, -0.15) is 0 Å². The number of benzene rings is 2. The average molecular weight is 539 g/mol. The SMILES string of the molecule is Cc1ccc(NC(=O)[C@@H]2CCCN2CCCOc2cccc3c2CN(C2CCC(=O)NC2=O)C3=O)cc1Cl. The molecular weight excluding hydrogens is 508 g/mol. The van der Waals surface area contributed by atoms with Crippen LogP contribution in [0.5, 0.6) is 5.75 Å². The number of halogens is 1. The highest BCUT2D eigenvalue weighted by atomic mass is 35.5. The van der Waals surface area contributed by atoms with Gasteiger partial charge in [0.15, 0.2) is 0 Å². The standard InChI is InChI=1S/C28H31ClN4O5/c1-17-8-9-18(15-21(17)29)30-26(35)22-6-3-12-32(22)13-4-14-38-24-7-2-5-19-20(24)16-33(28(19)37)23-10-11-25(34)31-27(23)36/h2,5,7-9,15,22-23H,3-4,6,10-14,16H2,1H3,(H,30,35)(H,31,34,36)/t22-,23?/m0/s1. The quantitative estimate of drug-likeness (QED) is 0.394. The lowest BCUT2D eigenvalue weighted by atomic mass is 10.0. The summed E-state index contributed by atoms with van der Waals surface area (Å²) in [4.78, 5) is 53.5. The van der Waals surface area contributed by atoms with Crippen molar-refractivity contribution < 1.29 is 23.9 Å². The maximum atomic E-state index is 13.0. The Kier molecular flexibility index (Phi) is 7.67. The molecule has 0 aromatic heterocycles. The lowest BCUT2D eigenvalue weighted by Gasteiger charge is -2.29. The van der Waals surface area contributed by atoms with E-state index in [0.29, 0.717) is 48.0 Å². The lowest BCUT2D eigenvalue weighted by Crippen LogP contribution is -2.52. The van der Waals surface area contributed by atoms with Crippen LogP contribution < -0.4 is 15.4 Å². The third-order valence-electron chi connectivity index (χ3n) is 7.49. The smallest absolute Gasteiger partial charge is 0.255 e. The highest BCUT2D eigenvalue weighted by Gasteiger charge is 2.40. The van der Waals surface area contributed by atoms with Gasteiger partial charge in [0.2, 0.25) is 17.7 Å². The van der Waals surface area contributed by atoms with Gasteiger partial charge in [-0.25, -0.2) is 0 Å². The number of aryl methyl sites for hydroxylation is 1. The van der Waals surface area contributed by atoms with Crippen LogP contribution in [0.2, 0.25) is 5.02 Å². The van der Waals surface area contributed by atoms with Crippen LogP contribution in [0.15, 0.2) is 36.4 Å². The summed E-state index contributed by atoms with van der Waals surface area (Å²) in [6, 6.07) is 10.0. The van der Waals surface area contributed by atoms with Crippen LogP contribution in [0.3, 0.4) is 0 Å². The van der Waals surface area contributed by atoms with E-state index >= 15 is 0 Å².